The average Bonchev–Trinajstić information content (AvgIpc) is 3.60. The van der Waals surface area contributed by atoms with Crippen LogP contribution < -0.4 is 0 Å². The summed E-state index contributed by atoms with van der Waals surface area (Å²) in [6.07, 6.45) is 1.82. The van der Waals surface area contributed by atoms with Gasteiger partial charge in [0.05, 0.1) is 28.4 Å². The van der Waals surface area contributed by atoms with Crippen molar-refractivity contribution in [2.24, 2.45) is 22.7 Å². The van der Waals surface area contributed by atoms with Crippen LogP contribution in [0.3, 0.4) is 0 Å². The van der Waals surface area contributed by atoms with E-state index in [-0.39, 0.29) is 37.5 Å². The Kier molecular flexibility index (Phi) is 8.08. The van der Waals surface area contributed by atoms with Crippen LogP contribution in [-0.4, -0.2) is 52.3 Å². The van der Waals surface area contributed by atoms with E-state index in [0.717, 1.165) is 33.4 Å². The maximum absolute atomic E-state index is 13.3. The second kappa shape index (κ2) is 11.6. The number of hydrogen-bond donors (Lipinski definition) is 0. The molecule has 8 heteroatoms. The highest BCUT2D eigenvalue weighted by Crippen LogP contribution is 2.59. The van der Waals surface area contributed by atoms with Gasteiger partial charge in [0.15, 0.2) is 10.8 Å². The first-order chi connectivity index (χ1) is 20.2. The number of esters is 4. The predicted octanol–water partition coefficient (Wildman–Crippen LogP) is 5.17. The van der Waals surface area contributed by atoms with Crippen molar-refractivity contribution in [3.05, 3.63) is 82.9 Å². The van der Waals surface area contributed by atoms with Gasteiger partial charge in [-0.05, 0) is 72.6 Å². The number of hydrogen-bond acceptors (Lipinski definition) is 8. The van der Waals surface area contributed by atoms with Crippen LogP contribution in [0.4, 0.5) is 0 Å². The van der Waals surface area contributed by atoms with Gasteiger partial charge in [0.2, 0.25) is 0 Å². The van der Waals surface area contributed by atoms with E-state index in [2.05, 4.69) is 0 Å². The van der Waals surface area contributed by atoms with Gasteiger partial charge in [0, 0.05) is 0 Å². The minimum Gasteiger partial charge on any atom is -0.468 e. The first-order valence-electron chi connectivity index (χ1n) is 14.1. The Morgan fingerprint density at radius 2 is 0.857 bits per heavy atom. The van der Waals surface area contributed by atoms with Crippen molar-refractivity contribution in [1.82, 2.24) is 0 Å². The van der Waals surface area contributed by atoms with Crippen LogP contribution in [-0.2, 0) is 38.1 Å². The van der Waals surface area contributed by atoms with Gasteiger partial charge >= 0.3 is 23.9 Å². The maximum atomic E-state index is 13.3. The molecule has 0 N–H and O–H groups in total. The fourth-order valence-electron chi connectivity index (χ4n) is 7.48. The van der Waals surface area contributed by atoms with Crippen LogP contribution in [0.15, 0.2) is 71.8 Å². The molecule has 8 nitrogen and oxygen atoms in total. The molecule has 2 unspecified atom stereocenters. The summed E-state index contributed by atoms with van der Waals surface area (Å²) >= 11 is 0. The molecule has 2 saturated carbocycles. The summed E-state index contributed by atoms with van der Waals surface area (Å²) in [6, 6.07) is 19.7. The van der Waals surface area contributed by atoms with Gasteiger partial charge in [-0.2, -0.15) is 0 Å². The van der Waals surface area contributed by atoms with Crippen molar-refractivity contribution in [2.75, 3.05) is 28.4 Å². The molecule has 0 bridgehead atoms. The standard InChI is InChI=1S/C34H36O8/c1-39-29(35)33(30(36)40-2)17-23-15-26(22-13-9-6-10-14-22)28-20-34(31(37)41-3,32(38)42-4)18-24(28)16-25(27(23)19-33)21-11-7-5-8-12-21/h5-14,23-24H,15-20H2,1-4H3/b27-25+,28-26+. The summed E-state index contributed by atoms with van der Waals surface area (Å²) < 4.78 is 20.7. The molecule has 0 saturated heterocycles. The third-order valence-corrected chi connectivity index (χ3v) is 9.39. The third-order valence-electron chi connectivity index (χ3n) is 9.39. The van der Waals surface area contributed by atoms with E-state index in [9.17, 15) is 19.2 Å². The molecule has 0 aliphatic heterocycles. The van der Waals surface area contributed by atoms with Gasteiger partial charge in [-0.25, -0.2) is 0 Å². The molecule has 0 spiro atoms. The zero-order valence-corrected chi connectivity index (χ0v) is 24.4. The van der Waals surface area contributed by atoms with Gasteiger partial charge in [0.25, 0.3) is 0 Å². The molecular weight excluding hydrogens is 536 g/mol. The summed E-state index contributed by atoms with van der Waals surface area (Å²) in [5.74, 6) is -2.80. The summed E-state index contributed by atoms with van der Waals surface area (Å²) in [7, 11) is 5.17. The first-order valence-corrected chi connectivity index (χ1v) is 14.1. The van der Waals surface area contributed by atoms with Crippen LogP contribution in [0.2, 0.25) is 0 Å². The van der Waals surface area contributed by atoms with E-state index < -0.39 is 34.7 Å². The quantitative estimate of drug-likeness (QED) is 0.265. The highest BCUT2D eigenvalue weighted by Gasteiger charge is 2.59. The zero-order chi connectivity index (χ0) is 30.1. The number of fused-ring (bicyclic) bond motifs is 2. The van der Waals surface area contributed by atoms with Crippen LogP contribution >= 0.6 is 0 Å². The van der Waals surface area contributed by atoms with Gasteiger partial charge in [-0.1, -0.05) is 71.8 Å². The molecular formula is C34H36O8. The number of allylic oxidation sites excluding steroid dienone is 4. The molecule has 2 atom stereocenters. The minimum absolute atomic E-state index is 0.171. The lowest BCUT2D eigenvalue weighted by Crippen LogP contribution is -2.39. The lowest BCUT2D eigenvalue weighted by molar-refractivity contribution is -0.170. The fraction of sp³-hybridized carbons (Fsp3) is 0.412. The zero-order valence-electron chi connectivity index (χ0n) is 24.4. The van der Waals surface area contributed by atoms with E-state index in [1.807, 2.05) is 60.7 Å². The van der Waals surface area contributed by atoms with Crippen molar-refractivity contribution in [1.29, 1.82) is 0 Å². The van der Waals surface area contributed by atoms with Crippen LogP contribution in [0.5, 0.6) is 0 Å². The predicted molar refractivity (Wildman–Crippen MR) is 154 cm³/mol. The molecule has 0 aromatic heterocycles. The minimum atomic E-state index is -1.46. The maximum Gasteiger partial charge on any atom is 0.323 e. The monoisotopic (exact) mass is 572 g/mol. The van der Waals surface area contributed by atoms with E-state index >= 15 is 0 Å². The van der Waals surface area contributed by atoms with Crippen molar-refractivity contribution < 1.29 is 38.1 Å². The molecule has 0 amide bonds. The molecule has 0 heterocycles. The van der Waals surface area contributed by atoms with Crippen LogP contribution in [0.25, 0.3) is 11.1 Å². The smallest absolute Gasteiger partial charge is 0.323 e. The van der Waals surface area contributed by atoms with E-state index in [1.54, 1.807) is 0 Å². The highest BCUT2D eigenvalue weighted by molar-refractivity contribution is 6.03. The number of ether oxygens (including phenoxy) is 4. The Hall–Kier alpha value is -4.20. The number of carbonyl (C=O) groups excluding carboxylic acids is 4. The molecule has 220 valence electrons. The van der Waals surface area contributed by atoms with Crippen molar-refractivity contribution in [3.63, 3.8) is 0 Å². The second-order valence-corrected chi connectivity index (χ2v) is 11.4. The SMILES string of the molecule is COC(=O)C1(C(=O)OC)C/C2=C(\c3ccccc3)CC3CC(C(=O)OC)(C(=O)OC)C/C3=C(\c3ccccc3)CC2C1. The Morgan fingerprint density at radius 1 is 0.548 bits per heavy atom. The molecule has 2 aromatic carbocycles. The summed E-state index contributed by atoms with van der Waals surface area (Å²) in [6.45, 7) is 0. The van der Waals surface area contributed by atoms with Crippen molar-refractivity contribution >= 4 is 35.0 Å². The topological polar surface area (TPSA) is 105 Å². The molecule has 2 fully saturated rings. The summed E-state index contributed by atoms with van der Waals surface area (Å²) in [5, 5.41) is 0. The first kappa shape index (κ1) is 29.3. The summed E-state index contributed by atoms with van der Waals surface area (Å²) in [5.41, 5.74) is 3.04. The van der Waals surface area contributed by atoms with E-state index in [4.69, 9.17) is 18.9 Å². The van der Waals surface area contributed by atoms with Gasteiger partial charge < -0.3 is 18.9 Å². The normalized spacial score (nSPS) is 25.7. The molecule has 3 aliphatic rings. The van der Waals surface area contributed by atoms with Gasteiger partial charge in [-0.3, -0.25) is 19.2 Å². The molecule has 3 aliphatic carbocycles. The molecule has 42 heavy (non-hydrogen) atoms. The Bertz CT molecular complexity index is 1310. The van der Waals surface area contributed by atoms with Crippen LogP contribution in [0.1, 0.15) is 49.7 Å². The van der Waals surface area contributed by atoms with Crippen molar-refractivity contribution in [3.8, 4) is 0 Å². The fourth-order valence-corrected chi connectivity index (χ4v) is 7.48. The summed E-state index contributed by atoms with van der Waals surface area (Å²) in [4.78, 5) is 53.1. The molecule has 5 rings (SSSR count). The molecule has 2 aromatic rings. The average molecular weight is 573 g/mol. The lowest BCUT2D eigenvalue weighted by Gasteiger charge is -2.28. The highest BCUT2D eigenvalue weighted by atomic mass is 16.6. The van der Waals surface area contributed by atoms with Crippen molar-refractivity contribution in [2.45, 2.75) is 38.5 Å². The molecule has 0 radical (unpaired) electrons. The van der Waals surface area contributed by atoms with E-state index in [1.165, 1.54) is 28.4 Å². The Morgan fingerprint density at radius 3 is 1.14 bits per heavy atom. The number of benzene rings is 2. The van der Waals surface area contributed by atoms with Crippen LogP contribution in [0, 0.1) is 22.7 Å². The lowest BCUT2D eigenvalue weighted by atomic mass is 9.76. The largest absolute Gasteiger partial charge is 0.468 e. The van der Waals surface area contributed by atoms with Gasteiger partial charge in [0.1, 0.15) is 0 Å². The number of methoxy groups -OCH3 is 4. The third kappa shape index (κ3) is 4.72. The number of carbonyl (C=O) groups is 4. The van der Waals surface area contributed by atoms with E-state index in [0.29, 0.717) is 12.8 Å². The Balaban J connectivity index is 1.75. The number of rotatable bonds is 6. The van der Waals surface area contributed by atoms with Gasteiger partial charge in [-0.15, -0.1) is 0 Å². The second-order valence-electron chi connectivity index (χ2n) is 11.4. The Labute approximate surface area is 245 Å².